The summed E-state index contributed by atoms with van der Waals surface area (Å²) in [5.74, 6) is 1.27. The summed E-state index contributed by atoms with van der Waals surface area (Å²) in [7, 11) is -1.16. The van der Waals surface area contributed by atoms with E-state index < -0.39 is 10.8 Å². The molecule has 2 aromatic heterocycles. The first-order chi connectivity index (χ1) is 7.34. The Labute approximate surface area is 88.2 Å². The second-order valence-electron chi connectivity index (χ2n) is 3.05. The van der Waals surface area contributed by atoms with Gasteiger partial charge in [0.05, 0.1) is 17.0 Å². The average Bonchev–Trinajstić information content (AvgIpc) is 2.61. The summed E-state index contributed by atoms with van der Waals surface area (Å²) in [6, 6.07) is 5.22. The lowest BCUT2D eigenvalue weighted by Crippen LogP contribution is -2.03. The van der Waals surface area contributed by atoms with E-state index in [4.69, 9.17) is 4.74 Å². The van der Waals surface area contributed by atoms with Crippen LogP contribution in [0.5, 0.6) is 11.8 Å². The highest BCUT2D eigenvalue weighted by Crippen LogP contribution is 2.29. The number of ether oxygens (including phenoxy) is 1. The monoisotopic (exact) mass is 221 g/mol. The zero-order valence-corrected chi connectivity index (χ0v) is 8.48. The lowest BCUT2D eigenvalue weighted by molar-refractivity contribution is 0.410. The highest BCUT2D eigenvalue weighted by molar-refractivity contribution is 7.84. The molecule has 0 saturated carbocycles. The molecule has 5 nitrogen and oxygen atoms in total. The molecule has 2 aromatic rings. The van der Waals surface area contributed by atoms with Crippen LogP contribution in [0.25, 0.3) is 0 Å². The average molecular weight is 221 g/mol. The number of aromatic nitrogens is 3. The van der Waals surface area contributed by atoms with Gasteiger partial charge in [0.1, 0.15) is 10.8 Å². The SMILES string of the molecule is O=S1Cn2nccc2Oc2ncccc21. The molecule has 0 fully saturated rings. The molecule has 1 aliphatic heterocycles. The number of fused-ring (bicyclic) bond motifs is 2. The van der Waals surface area contributed by atoms with Gasteiger partial charge in [0.25, 0.3) is 0 Å². The molecule has 1 atom stereocenters. The van der Waals surface area contributed by atoms with Crippen LogP contribution in [-0.4, -0.2) is 19.0 Å². The molecule has 3 heterocycles. The number of hydrogen-bond donors (Lipinski definition) is 0. The van der Waals surface area contributed by atoms with Crippen molar-refractivity contribution < 1.29 is 8.95 Å². The van der Waals surface area contributed by atoms with Crippen LogP contribution < -0.4 is 4.74 Å². The highest BCUT2D eigenvalue weighted by Gasteiger charge is 2.20. The second-order valence-corrected chi connectivity index (χ2v) is 4.44. The number of rotatable bonds is 0. The third-order valence-corrected chi connectivity index (χ3v) is 3.38. The third kappa shape index (κ3) is 1.33. The van der Waals surface area contributed by atoms with E-state index in [0.717, 1.165) is 0 Å². The van der Waals surface area contributed by atoms with Gasteiger partial charge in [-0.25, -0.2) is 9.67 Å². The smallest absolute Gasteiger partial charge is 0.237 e. The van der Waals surface area contributed by atoms with Crippen molar-refractivity contribution in [1.82, 2.24) is 14.8 Å². The summed E-state index contributed by atoms with van der Waals surface area (Å²) >= 11 is 0. The van der Waals surface area contributed by atoms with Crippen molar-refractivity contribution in [2.24, 2.45) is 0 Å². The fraction of sp³-hybridized carbons (Fsp3) is 0.111. The van der Waals surface area contributed by atoms with Gasteiger partial charge < -0.3 is 4.74 Å². The zero-order chi connectivity index (χ0) is 10.3. The minimum atomic E-state index is -1.16. The maximum absolute atomic E-state index is 11.9. The van der Waals surface area contributed by atoms with E-state index in [1.807, 2.05) is 0 Å². The minimum Gasteiger partial charge on any atom is -0.420 e. The first kappa shape index (κ1) is 8.60. The predicted molar refractivity (Wildman–Crippen MR) is 52.9 cm³/mol. The quantitative estimate of drug-likeness (QED) is 0.669. The molecule has 0 radical (unpaired) electrons. The Hall–Kier alpha value is -1.69. The Morgan fingerprint density at radius 2 is 2.33 bits per heavy atom. The summed E-state index contributed by atoms with van der Waals surface area (Å²) in [4.78, 5) is 4.67. The maximum Gasteiger partial charge on any atom is 0.237 e. The van der Waals surface area contributed by atoms with Gasteiger partial charge >= 0.3 is 0 Å². The summed E-state index contributed by atoms with van der Waals surface area (Å²) in [6.45, 7) is 0. The number of pyridine rings is 1. The van der Waals surface area contributed by atoms with Crippen LogP contribution in [0.1, 0.15) is 0 Å². The van der Waals surface area contributed by atoms with Crippen LogP contribution in [0.3, 0.4) is 0 Å². The molecular formula is C9H7N3O2S. The molecule has 0 aliphatic carbocycles. The van der Waals surface area contributed by atoms with Gasteiger partial charge in [-0.05, 0) is 12.1 Å². The van der Waals surface area contributed by atoms with Gasteiger partial charge in [-0.1, -0.05) is 0 Å². The van der Waals surface area contributed by atoms with E-state index in [1.165, 1.54) is 0 Å². The molecule has 0 saturated heterocycles. The summed E-state index contributed by atoms with van der Waals surface area (Å²) in [5.41, 5.74) is 0. The van der Waals surface area contributed by atoms with Crippen molar-refractivity contribution in [3.8, 4) is 11.8 Å². The van der Waals surface area contributed by atoms with Gasteiger partial charge in [0, 0.05) is 12.3 Å². The van der Waals surface area contributed by atoms with Crippen molar-refractivity contribution in [3.05, 3.63) is 30.6 Å². The lowest BCUT2D eigenvalue weighted by Gasteiger charge is -2.01. The number of nitrogens with zero attached hydrogens (tertiary/aromatic N) is 3. The van der Waals surface area contributed by atoms with Crippen LogP contribution in [0.15, 0.2) is 35.5 Å². The van der Waals surface area contributed by atoms with E-state index >= 15 is 0 Å². The Kier molecular flexibility index (Phi) is 1.81. The van der Waals surface area contributed by atoms with Gasteiger partial charge in [-0.3, -0.25) is 4.21 Å². The van der Waals surface area contributed by atoms with Gasteiger partial charge in [0.15, 0.2) is 0 Å². The molecule has 15 heavy (non-hydrogen) atoms. The van der Waals surface area contributed by atoms with Crippen molar-refractivity contribution in [1.29, 1.82) is 0 Å². The van der Waals surface area contributed by atoms with Crippen LogP contribution in [0.4, 0.5) is 0 Å². The fourth-order valence-corrected chi connectivity index (χ4v) is 2.48. The Balaban J connectivity index is 2.19. The predicted octanol–water partition coefficient (Wildman–Crippen LogP) is 1.15. The summed E-state index contributed by atoms with van der Waals surface area (Å²) < 4.78 is 19.0. The van der Waals surface area contributed by atoms with E-state index in [1.54, 1.807) is 35.3 Å². The normalized spacial score (nSPS) is 18.5. The highest BCUT2D eigenvalue weighted by atomic mass is 32.2. The molecule has 1 unspecified atom stereocenters. The van der Waals surface area contributed by atoms with E-state index in [0.29, 0.717) is 22.5 Å². The molecule has 3 rings (SSSR count). The van der Waals surface area contributed by atoms with E-state index in [2.05, 4.69) is 10.1 Å². The molecular weight excluding hydrogens is 214 g/mol. The van der Waals surface area contributed by atoms with Crippen LogP contribution in [-0.2, 0) is 16.7 Å². The van der Waals surface area contributed by atoms with Crippen molar-refractivity contribution in [3.63, 3.8) is 0 Å². The van der Waals surface area contributed by atoms with E-state index in [9.17, 15) is 4.21 Å². The molecule has 0 amide bonds. The van der Waals surface area contributed by atoms with Gasteiger partial charge in [0.2, 0.25) is 11.8 Å². The zero-order valence-electron chi connectivity index (χ0n) is 7.66. The molecule has 0 aromatic carbocycles. The fourth-order valence-electron chi connectivity index (χ4n) is 1.41. The molecule has 6 heteroatoms. The van der Waals surface area contributed by atoms with Crippen molar-refractivity contribution >= 4 is 10.8 Å². The number of hydrogen-bond acceptors (Lipinski definition) is 4. The van der Waals surface area contributed by atoms with Crippen LogP contribution in [0, 0.1) is 0 Å². The second kappa shape index (κ2) is 3.16. The molecule has 0 spiro atoms. The van der Waals surface area contributed by atoms with Crippen LogP contribution in [0.2, 0.25) is 0 Å². The topological polar surface area (TPSA) is 57.0 Å². The molecule has 76 valence electrons. The van der Waals surface area contributed by atoms with Gasteiger partial charge in [-0.15, -0.1) is 0 Å². The van der Waals surface area contributed by atoms with Crippen molar-refractivity contribution in [2.45, 2.75) is 10.8 Å². The summed E-state index contributed by atoms with van der Waals surface area (Å²) in [5, 5.41) is 4.02. The standard InChI is InChI=1S/C9H7N3O2S/c13-15-6-12-8(3-5-11-12)14-9-7(15)2-1-4-10-9/h1-5H,6H2. The molecule has 0 N–H and O–H groups in total. The van der Waals surface area contributed by atoms with Gasteiger partial charge in [-0.2, -0.15) is 5.10 Å². The van der Waals surface area contributed by atoms with Crippen LogP contribution >= 0.6 is 0 Å². The minimum absolute atomic E-state index is 0.307. The first-order valence-corrected chi connectivity index (χ1v) is 5.69. The molecule has 0 bridgehead atoms. The van der Waals surface area contributed by atoms with E-state index in [-0.39, 0.29) is 0 Å². The Bertz CT molecular complexity index is 538. The Morgan fingerprint density at radius 3 is 3.27 bits per heavy atom. The molecule has 1 aliphatic rings. The third-order valence-electron chi connectivity index (χ3n) is 2.10. The maximum atomic E-state index is 11.9. The van der Waals surface area contributed by atoms with Crippen molar-refractivity contribution in [2.75, 3.05) is 0 Å². The Morgan fingerprint density at radius 1 is 1.40 bits per heavy atom. The summed E-state index contributed by atoms with van der Waals surface area (Å²) in [6.07, 6.45) is 3.22. The first-order valence-electron chi connectivity index (χ1n) is 4.37. The lowest BCUT2D eigenvalue weighted by atomic mass is 10.5. The largest absolute Gasteiger partial charge is 0.420 e.